The second kappa shape index (κ2) is 8.88. The van der Waals surface area contributed by atoms with Crippen LogP contribution in [0.5, 0.6) is 5.75 Å². The van der Waals surface area contributed by atoms with Crippen molar-refractivity contribution < 1.29 is 24.2 Å². The molecule has 0 spiro atoms. The van der Waals surface area contributed by atoms with Crippen molar-refractivity contribution >= 4 is 39.4 Å². The highest BCUT2D eigenvalue weighted by molar-refractivity contribution is 9.10. The summed E-state index contributed by atoms with van der Waals surface area (Å²) in [6.07, 6.45) is 1.50. The topological polar surface area (TPSA) is 95.9 Å². The fourth-order valence-corrected chi connectivity index (χ4v) is 3.27. The normalized spacial score (nSPS) is 13.5. The monoisotopic (exact) mass is 446 g/mol. The third kappa shape index (κ3) is 4.89. The number of likely N-dealkylation sites (tertiary alicyclic amines) is 1. The number of hydrogen-bond acceptors (Lipinski definition) is 4. The zero-order valence-corrected chi connectivity index (χ0v) is 16.6. The smallest absolute Gasteiger partial charge is 0.337 e. The van der Waals surface area contributed by atoms with Gasteiger partial charge in [-0.1, -0.05) is 15.9 Å². The maximum Gasteiger partial charge on any atom is 0.337 e. The van der Waals surface area contributed by atoms with Crippen molar-refractivity contribution in [2.45, 2.75) is 12.8 Å². The molecule has 0 aromatic heterocycles. The molecule has 2 aromatic rings. The molecule has 1 heterocycles. The summed E-state index contributed by atoms with van der Waals surface area (Å²) in [7, 11) is 0. The van der Waals surface area contributed by atoms with Crippen LogP contribution < -0.4 is 10.1 Å². The molecule has 0 unspecified atom stereocenters. The molecule has 1 aliphatic heterocycles. The Kier molecular flexibility index (Phi) is 6.30. The van der Waals surface area contributed by atoms with Gasteiger partial charge in [0.2, 0.25) is 5.91 Å². The van der Waals surface area contributed by atoms with Gasteiger partial charge < -0.3 is 20.1 Å². The SMILES string of the molecule is O=C(Nc1ccc(Br)cc1C(=O)O)c1ccc(OCCN2CCCC2=O)cc1. The van der Waals surface area contributed by atoms with Crippen LogP contribution in [0.2, 0.25) is 0 Å². The fraction of sp³-hybridized carbons (Fsp3) is 0.250. The molecule has 2 aromatic carbocycles. The van der Waals surface area contributed by atoms with Crippen LogP contribution in [0.4, 0.5) is 5.69 Å². The molecule has 0 aliphatic carbocycles. The van der Waals surface area contributed by atoms with Crippen LogP contribution in [0.15, 0.2) is 46.9 Å². The summed E-state index contributed by atoms with van der Waals surface area (Å²) < 4.78 is 6.24. The van der Waals surface area contributed by atoms with Gasteiger partial charge in [0.1, 0.15) is 12.4 Å². The second-order valence-electron chi connectivity index (χ2n) is 6.31. The van der Waals surface area contributed by atoms with Gasteiger partial charge in [0.05, 0.1) is 17.8 Å². The van der Waals surface area contributed by atoms with Gasteiger partial charge in [0.15, 0.2) is 0 Å². The van der Waals surface area contributed by atoms with Gasteiger partial charge in [-0.15, -0.1) is 0 Å². The Labute approximate surface area is 170 Å². The van der Waals surface area contributed by atoms with Gasteiger partial charge in [-0.2, -0.15) is 0 Å². The third-order valence-corrected chi connectivity index (χ3v) is 4.87. The van der Waals surface area contributed by atoms with Crippen molar-refractivity contribution in [3.63, 3.8) is 0 Å². The number of anilines is 1. The molecule has 1 saturated heterocycles. The van der Waals surface area contributed by atoms with E-state index in [4.69, 9.17) is 4.74 Å². The molecule has 2 N–H and O–H groups in total. The van der Waals surface area contributed by atoms with Crippen molar-refractivity contribution in [2.75, 3.05) is 25.0 Å². The van der Waals surface area contributed by atoms with E-state index < -0.39 is 11.9 Å². The van der Waals surface area contributed by atoms with E-state index in [1.54, 1.807) is 35.2 Å². The summed E-state index contributed by atoms with van der Waals surface area (Å²) in [5.74, 6) is -0.793. The molecule has 1 fully saturated rings. The van der Waals surface area contributed by atoms with Gasteiger partial charge in [0.25, 0.3) is 5.91 Å². The molecule has 0 atom stereocenters. The quantitative estimate of drug-likeness (QED) is 0.679. The molecule has 28 heavy (non-hydrogen) atoms. The molecule has 8 heteroatoms. The Morgan fingerprint density at radius 3 is 2.57 bits per heavy atom. The molecule has 1 aliphatic rings. The van der Waals surface area contributed by atoms with Gasteiger partial charge in [-0.3, -0.25) is 9.59 Å². The molecule has 0 radical (unpaired) electrons. The Morgan fingerprint density at radius 2 is 1.93 bits per heavy atom. The first-order valence-corrected chi connectivity index (χ1v) is 9.58. The van der Waals surface area contributed by atoms with E-state index >= 15 is 0 Å². The average molecular weight is 447 g/mol. The Morgan fingerprint density at radius 1 is 1.18 bits per heavy atom. The predicted molar refractivity (Wildman–Crippen MR) is 107 cm³/mol. The van der Waals surface area contributed by atoms with Gasteiger partial charge in [-0.25, -0.2) is 4.79 Å². The predicted octanol–water partition coefficient (Wildman–Crippen LogP) is 3.40. The molecule has 3 rings (SSSR count). The molecule has 146 valence electrons. The van der Waals surface area contributed by atoms with Crippen LogP contribution in [0, 0.1) is 0 Å². The van der Waals surface area contributed by atoms with E-state index in [-0.39, 0.29) is 17.2 Å². The van der Waals surface area contributed by atoms with E-state index in [0.29, 0.717) is 35.4 Å². The second-order valence-corrected chi connectivity index (χ2v) is 7.22. The number of carbonyl (C=O) groups is 3. The maximum absolute atomic E-state index is 12.4. The van der Waals surface area contributed by atoms with Gasteiger partial charge in [-0.05, 0) is 48.9 Å². The lowest BCUT2D eigenvalue weighted by molar-refractivity contribution is -0.128. The highest BCUT2D eigenvalue weighted by Gasteiger charge is 2.19. The number of carboxylic acids is 1. The Balaban J connectivity index is 1.58. The van der Waals surface area contributed by atoms with Gasteiger partial charge >= 0.3 is 5.97 Å². The summed E-state index contributed by atoms with van der Waals surface area (Å²) in [6, 6.07) is 11.2. The third-order valence-electron chi connectivity index (χ3n) is 4.38. The van der Waals surface area contributed by atoms with Crippen LogP contribution in [-0.4, -0.2) is 47.5 Å². The number of carbonyl (C=O) groups excluding carboxylic acids is 2. The summed E-state index contributed by atoms with van der Waals surface area (Å²) in [5.41, 5.74) is 0.594. The first kappa shape index (κ1) is 19.9. The Hall–Kier alpha value is -2.87. The molecule has 7 nitrogen and oxygen atoms in total. The fourth-order valence-electron chi connectivity index (χ4n) is 2.91. The largest absolute Gasteiger partial charge is 0.492 e. The average Bonchev–Trinajstić information content (AvgIpc) is 3.08. The summed E-state index contributed by atoms with van der Waals surface area (Å²) in [6.45, 7) is 1.70. The summed E-state index contributed by atoms with van der Waals surface area (Å²) >= 11 is 3.22. The number of benzene rings is 2. The zero-order chi connectivity index (χ0) is 20.1. The van der Waals surface area contributed by atoms with Crippen LogP contribution in [0.3, 0.4) is 0 Å². The standard InChI is InChI=1S/C20H19BrN2O5/c21-14-5-8-17(16(12-14)20(26)27)22-19(25)13-3-6-15(7-4-13)28-11-10-23-9-1-2-18(23)24/h3-8,12H,1-2,9-11H2,(H,22,25)(H,26,27). The van der Waals surface area contributed by atoms with Gasteiger partial charge in [0, 0.05) is 23.0 Å². The molecular formula is C20H19BrN2O5. The minimum absolute atomic E-state index is 0.000798. The lowest BCUT2D eigenvalue weighted by atomic mass is 10.1. The highest BCUT2D eigenvalue weighted by atomic mass is 79.9. The lowest BCUT2D eigenvalue weighted by Crippen LogP contribution is -2.29. The van der Waals surface area contributed by atoms with E-state index in [1.165, 1.54) is 12.1 Å². The van der Waals surface area contributed by atoms with Crippen LogP contribution in [0.1, 0.15) is 33.6 Å². The van der Waals surface area contributed by atoms with E-state index in [9.17, 15) is 19.5 Å². The van der Waals surface area contributed by atoms with Crippen molar-refractivity contribution in [1.82, 2.24) is 4.90 Å². The summed E-state index contributed by atoms with van der Waals surface area (Å²) in [4.78, 5) is 37.1. The van der Waals surface area contributed by atoms with Crippen LogP contribution in [-0.2, 0) is 4.79 Å². The van der Waals surface area contributed by atoms with E-state index in [0.717, 1.165) is 13.0 Å². The van der Waals surface area contributed by atoms with Crippen molar-refractivity contribution in [2.24, 2.45) is 0 Å². The number of nitrogens with zero attached hydrogens (tertiary/aromatic N) is 1. The van der Waals surface area contributed by atoms with Crippen molar-refractivity contribution in [1.29, 1.82) is 0 Å². The molecule has 0 saturated carbocycles. The number of aromatic carboxylic acids is 1. The van der Waals surface area contributed by atoms with E-state index in [1.807, 2.05) is 0 Å². The minimum atomic E-state index is -1.13. The Bertz CT molecular complexity index is 898. The number of hydrogen-bond donors (Lipinski definition) is 2. The number of carboxylic acid groups (broad SMARTS) is 1. The molecule has 2 amide bonds. The first-order chi connectivity index (χ1) is 13.4. The first-order valence-electron chi connectivity index (χ1n) is 8.79. The minimum Gasteiger partial charge on any atom is -0.492 e. The number of amides is 2. The van der Waals surface area contributed by atoms with E-state index in [2.05, 4.69) is 21.2 Å². The lowest BCUT2D eigenvalue weighted by Gasteiger charge is -2.15. The highest BCUT2D eigenvalue weighted by Crippen LogP contribution is 2.22. The number of nitrogens with one attached hydrogen (secondary N) is 1. The number of halogens is 1. The molecule has 0 bridgehead atoms. The van der Waals surface area contributed by atoms with Crippen molar-refractivity contribution in [3.8, 4) is 5.75 Å². The maximum atomic E-state index is 12.4. The van der Waals surface area contributed by atoms with Crippen LogP contribution in [0.25, 0.3) is 0 Å². The molecular weight excluding hydrogens is 428 g/mol. The zero-order valence-electron chi connectivity index (χ0n) is 15.0. The summed E-state index contributed by atoms with van der Waals surface area (Å²) in [5, 5.41) is 11.9. The number of ether oxygens (including phenoxy) is 1. The van der Waals surface area contributed by atoms with Crippen molar-refractivity contribution in [3.05, 3.63) is 58.1 Å². The number of rotatable bonds is 7. The van der Waals surface area contributed by atoms with Crippen LogP contribution >= 0.6 is 15.9 Å².